The van der Waals surface area contributed by atoms with Crippen LogP contribution >= 0.6 is 15.9 Å². The number of nitrogens with one attached hydrogen (secondary N) is 1. The summed E-state index contributed by atoms with van der Waals surface area (Å²) < 4.78 is 6.31. The molecule has 1 fully saturated rings. The van der Waals surface area contributed by atoms with Gasteiger partial charge in [0.25, 0.3) is 11.8 Å². The van der Waals surface area contributed by atoms with E-state index in [9.17, 15) is 9.59 Å². The van der Waals surface area contributed by atoms with Crippen LogP contribution in [0.1, 0.15) is 23.2 Å². The van der Waals surface area contributed by atoms with Crippen LogP contribution in [0.25, 0.3) is 0 Å². The number of carbonyl (C=O) groups is 2. The van der Waals surface area contributed by atoms with Gasteiger partial charge in [-0.05, 0) is 53.0 Å². The topological polar surface area (TPSA) is 58.6 Å². The monoisotopic (exact) mass is 402 g/mol. The van der Waals surface area contributed by atoms with Crippen molar-refractivity contribution in [2.24, 2.45) is 0 Å². The van der Waals surface area contributed by atoms with Gasteiger partial charge in [-0.3, -0.25) is 9.59 Å². The molecule has 0 aromatic heterocycles. The molecular formula is C19H19BrN2O3. The molecule has 5 nitrogen and oxygen atoms in total. The first-order valence-corrected chi connectivity index (χ1v) is 8.99. The zero-order valence-corrected chi connectivity index (χ0v) is 15.3. The van der Waals surface area contributed by atoms with Crippen molar-refractivity contribution < 1.29 is 14.3 Å². The smallest absolute Gasteiger partial charge is 0.260 e. The number of hydrogen-bond donors (Lipinski definition) is 1. The summed E-state index contributed by atoms with van der Waals surface area (Å²) in [7, 11) is 0. The van der Waals surface area contributed by atoms with Gasteiger partial charge in [0, 0.05) is 29.3 Å². The summed E-state index contributed by atoms with van der Waals surface area (Å²) in [6.45, 7) is 1.64. The van der Waals surface area contributed by atoms with Crippen LogP contribution in [0.5, 0.6) is 5.75 Å². The maximum absolute atomic E-state index is 12.3. The maximum Gasteiger partial charge on any atom is 0.260 e. The Labute approximate surface area is 155 Å². The largest absolute Gasteiger partial charge is 0.484 e. The van der Waals surface area contributed by atoms with E-state index in [1.165, 1.54) is 0 Å². The van der Waals surface area contributed by atoms with E-state index in [1.54, 1.807) is 30.3 Å². The van der Waals surface area contributed by atoms with E-state index in [4.69, 9.17) is 4.74 Å². The number of anilines is 1. The lowest BCUT2D eigenvalue weighted by atomic mass is 10.2. The van der Waals surface area contributed by atoms with Gasteiger partial charge in [0.1, 0.15) is 5.75 Å². The molecule has 1 aliphatic heterocycles. The zero-order valence-electron chi connectivity index (χ0n) is 13.7. The molecule has 0 aliphatic carbocycles. The van der Waals surface area contributed by atoms with E-state index in [-0.39, 0.29) is 18.4 Å². The minimum atomic E-state index is -0.210. The minimum absolute atomic E-state index is 0.000143. The molecule has 25 heavy (non-hydrogen) atoms. The predicted octanol–water partition coefficient (Wildman–Crippen LogP) is 3.70. The highest BCUT2D eigenvalue weighted by Gasteiger charge is 2.18. The third-order valence-corrected chi connectivity index (χ3v) is 4.72. The van der Waals surface area contributed by atoms with Gasteiger partial charge in [0.05, 0.1) is 5.56 Å². The van der Waals surface area contributed by atoms with Crippen LogP contribution in [0, 0.1) is 0 Å². The van der Waals surface area contributed by atoms with Gasteiger partial charge in [0.2, 0.25) is 0 Å². The normalized spacial score (nSPS) is 13.6. The molecule has 1 aliphatic rings. The third-order valence-electron chi connectivity index (χ3n) is 4.03. The third kappa shape index (κ3) is 4.60. The Kier molecular flexibility index (Phi) is 5.71. The van der Waals surface area contributed by atoms with Crippen molar-refractivity contribution in [3.63, 3.8) is 0 Å². The van der Waals surface area contributed by atoms with Crippen molar-refractivity contribution in [2.45, 2.75) is 12.8 Å². The van der Waals surface area contributed by atoms with Crippen LogP contribution in [0.3, 0.4) is 0 Å². The summed E-state index contributed by atoms with van der Waals surface area (Å²) in [5.74, 6) is 0.343. The van der Waals surface area contributed by atoms with E-state index >= 15 is 0 Å². The summed E-state index contributed by atoms with van der Waals surface area (Å²) in [4.78, 5) is 26.2. The number of hydrogen-bond acceptors (Lipinski definition) is 3. The molecule has 1 N–H and O–H groups in total. The summed E-state index contributed by atoms with van der Waals surface area (Å²) in [5.41, 5.74) is 1.17. The first-order valence-electron chi connectivity index (χ1n) is 8.20. The molecule has 2 amide bonds. The Balaban J connectivity index is 1.60. The van der Waals surface area contributed by atoms with Gasteiger partial charge in [-0.2, -0.15) is 0 Å². The van der Waals surface area contributed by atoms with Crippen LogP contribution in [-0.4, -0.2) is 36.4 Å². The van der Waals surface area contributed by atoms with Crippen LogP contribution in [-0.2, 0) is 4.79 Å². The highest BCUT2D eigenvalue weighted by atomic mass is 79.9. The SMILES string of the molecule is O=C(Nc1cccc(OCC(=O)N2CCCC2)c1)c1ccccc1Br. The number of amides is 2. The Morgan fingerprint density at radius 1 is 1.08 bits per heavy atom. The van der Waals surface area contributed by atoms with Crippen LogP contribution in [0.15, 0.2) is 53.0 Å². The fraction of sp³-hybridized carbons (Fsp3) is 0.263. The second-order valence-electron chi connectivity index (χ2n) is 5.84. The van der Waals surface area contributed by atoms with E-state index in [1.807, 2.05) is 23.1 Å². The van der Waals surface area contributed by atoms with Gasteiger partial charge in [-0.15, -0.1) is 0 Å². The maximum atomic E-state index is 12.3. The van der Waals surface area contributed by atoms with Gasteiger partial charge >= 0.3 is 0 Å². The van der Waals surface area contributed by atoms with Gasteiger partial charge in [-0.1, -0.05) is 18.2 Å². The van der Waals surface area contributed by atoms with E-state index in [0.29, 0.717) is 17.0 Å². The number of halogens is 1. The summed E-state index contributed by atoms with van der Waals surface area (Å²) in [6, 6.07) is 14.3. The number of ether oxygens (including phenoxy) is 1. The molecule has 0 bridgehead atoms. The van der Waals surface area contributed by atoms with Crippen molar-refractivity contribution in [1.82, 2.24) is 4.90 Å². The van der Waals surface area contributed by atoms with Gasteiger partial charge in [0.15, 0.2) is 6.61 Å². The fourth-order valence-electron chi connectivity index (χ4n) is 2.71. The second-order valence-corrected chi connectivity index (χ2v) is 6.69. The Morgan fingerprint density at radius 3 is 2.60 bits per heavy atom. The predicted molar refractivity (Wildman–Crippen MR) is 99.8 cm³/mol. The van der Waals surface area contributed by atoms with Gasteiger partial charge < -0.3 is 15.0 Å². The summed E-state index contributed by atoms with van der Waals surface area (Å²) in [5, 5.41) is 2.84. The highest BCUT2D eigenvalue weighted by Crippen LogP contribution is 2.21. The summed E-state index contributed by atoms with van der Waals surface area (Å²) >= 11 is 3.37. The first-order chi connectivity index (χ1) is 12.1. The Bertz CT molecular complexity index is 773. The van der Waals surface area contributed by atoms with Crippen LogP contribution in [0.2, 0.25) is 0 Å². The average Bonchev–Trinajstić information content (AvgIpc) is 3.15. The van der Waals surface area contributed by atoms with Crippen molar-refractivity contribution in [2.75, 3.05) is 25.0 Å². The lowest BCUT2D eigenvalue weighted by Gasteiger charge is -2.15. The molecule has 0 saturated carbocycles. The van der Waals surface area contributed by atoms with E-state index in [2.05, 4.69) is 21.2 Å². The minimum Gasteiger partial charge on any atom is -0.484 e. The number of nitrogens with zero attached hydrogens (tertiary/aromatic N) is 1. The number of rotatable bonds is 5. The van der Waals surface area contributed by atoms with E-state index < -0.39 is 0 Å². The number of carbonyl (C=O) groups excluding carboxylic acids is 2. The molecule has 1 heterocycles. The lowest BCUT2D eigenvalue weighted by molar-refractivity contribution is -0.132. The second kappa shape index (κ2) is 8.16. The molecule has 0 radical (unpaired) electrons. The highest BCUT2D eigenvalue weighted by molar-refractivity contribution is 9.10. The van der Waals surface area contributed by atoms with Crippen molar-refractivity contribution >= 4 is 33.4 Å². The molecule has 2 aromatic carbocycles. The summed E-state index contributed by atoms with van der Waals surface area (Å²) in [6.07, 6.45) is 2.12. The van der Waals surface area contributed by atoms with Crippen molar-refractivity contribution in [3.05, 3.63) is 58.6 Å². The van der Waals surface area contributed by atoms with Crippen LogP contribution < -0.4 is 10.1 Å². The first kappa shape index (κ1) is 17.5. The molecular weight excluding hydrogens is 384 g/mol. The molecule has 1 saturated heterocycles. The molecule has 0 unspecified atom stereocenters. The van der Waals surface area contributed by atoms with Crippen molar-refractivity contribution in [3.8, 4) is 5.75 Å². The molecule has 0 atom stereocenters. The quantitative estimate of drug-likeness (QED) is 0.828. The molecule has 2 aromatic rings. The number of benzene rings is 2. The van der Waals surface area contributed by atoms with Crippen molar-refractivity contribution in [1.29, 1.82) is 0 Å². The molecule has 6 heteroatoms. The lowest BCUT2D eigenvalue weighted by Crippen LogP contribution is -2.32. The Morgan fingerprint density at radius 2 is 1.84 bits per heavy atom. The number of likely N-dealkylation sites (tertiary alicyclic amines) is 1. The van der Waals surface area contributed by atoms with Gasteiger partial charge in [-0.25, -0.2) is 0 Å². The fourth-order valence-corrected chi connectivity index (χ4v) is 3.18. The standard InChI is InChI=1S/C19H19BrN2O3/c20-17-9-2-1-8-16(17)19(24)21-14-6-5-7-15(12-14)25-13-18(23)22-10-3-4-11-22/h1-2,5-9,12H,3-4,10-11,13H2,(H,21,24). The average molecular weight is 403 g/mol. The Hall–Kier alpha value is -2.34. The van der Waals surface area contributed by atoms with Crippen LogP contribution in [0.4, 0.5) is 5.69 Å². The van der Waals surface area contributed by atoms with E-state index in [0.717, 1.165) is 30.4 Å². The molecule has 130 valence electrons. The zero-order chi connectivity index (χ0) is 17.6. The molecule has 0 spiro atoms. The molecule has 3 rings (SSSR count).